The first kappa shape index (κ1) is 17.7. The number of hydrogen-bond acceptors (Lipinski definition) is 6. The number of H-pyrrole nitrogens is 1. The standard InChI is InChI=1S/C19H23N7.CH4/c1-11-7-18(26-25-11)23-17-10-16-15(3-2-6-20-16)19(24-17)22-14-8-12-4-5-13(9-14)21-12;/h2-3,6-7,10,12-14,21H,4-5,8-9H2,1H3,(H3,22,23,24,25,26);1H4/t12-,13+,14?;. The van der Waals surface area contributed by atoms with Crippen LogP contribution in [-0.4, -0.2) is 38.3 Å². The van der Waals surface area contributed by atoms with E-state index >= 15 is 0 Å². The lowest BCUT2D eigenvalue weighted by molar-refractivity contribution is 0.378. The molecular formula is C20H27N7. The Bertz CT molecular complexity index is 923. The van der Waals surface area contributed by atoms with Gasteiger partial charge in [0.15, 0.2) is 5.82 Å². The van der Waals surface area contributed by atoms with Crippen molar-refractivity contribution in [1.82, 2.24) is 25.5 Å². The van der Waals surface area contributed by atoms with Crippen LogP contribution in [-0.2, 0) is 0 Å². The number of anilines is 3. The van der Waals surface area contributed by atoms with Gasteiger partial charge in [0, 0.05) is 47.5 Å². The van der Waals surface area contributed by atoms with Gasteiger partial charge < -0.3 is 16.0 Å². The zero-order chi connectivity index (χ0) is 17.5. The Morgan fingerprint density at radius 2 is 1.93 bits per heavy atom. The normalized spacial score (nSPS) is 23.8. The summed E-state index contributed by atoms with van der Waals surface area (Å²) in [6.07, 6.45) is 6.70. The molecule has 1 unspecified atom stereocenters. The van der Waals surface area contributed by atoms with Gasteiger partial charge in [0.05, 0.1) is 5.52 Å². The molecule has 2 bridgehead atoms. The zero-order valence-electron chi connectivity index (χ0n) is 14.8. The van der Waals surface area contributed by atoms with Gasteiger partial charge >= 0.3 is 0 Å². The molecule has 2 fully saturated rings. The molecule has 7 heteroatoms. The third-order valence-electron chi connectivity index (χ3n) is 5.38. The second kappa shape index (κ2) is 7.15. The lowest BCUT2D eigenvalue weighted by Gasteiger charge is -2.30. The molecule has 2 saturated heterocycles. The van der Waals surface area contributed by atoms with Gasteiger partial charge in [-0.1, -0.05) is 7.43 Å². The van der Waals surface area contributed by atoms with Crippen molar-refractivity contribution in [2.75, 3.05) is 10.6 Å². The van der Waals surface area contributed by atoms with Crippen LogP contribution in [0.15, 0.2) is 30.5 Å². The summed E-state index contributed by atoms with van der Waals surface area (Å²) in [7, 11) is 0. The molecule has 7 nitrogen and oxygen atoms in total. The van der Waals surface area contributed by atoms with E-state index < -0.39 is 0 Å². The Morgan fingerprint density at radius 1 is 1.11 bits per heavy atom. The van der Waals surface area contributed by atoms with Gasteiger partial charge in [0.25, 0.3) is 0 Å². The van der Waals surface area contributed by atoms with Gasteiger partial charge in [-0.3, -0.25) is 10.1 Å². The fourth-order valence-electron chi connectivity index (χ4n) is 4.23. The van der Waals surface area contributed by atoms with Crippen LogP contribution in [0.25, 0.3) is 10.9 Å². The Kier molecular flexibility index (Phi) is 4.70. The lowest BCUT2D eigenvalue weighted by atomic mass is 9.99. The molecule has 4 N–H and O–H groups in total. The van der Waals surface area contributed by atoms with E-state index in [-0.39, 0.29) is 7.43 Å². The van der Waals surface area contributed by atoms with E-state index in [1.54, 1.807) is 0 Å². The molecule has 0 saturated carbocycles. The fraction of sp³-hybridized carbons (Fsp3) is 0.450. The van der Waals surface area contributed by atoms with Crippen LogP contribution in [0.4, 0.5) is 17.5 Å². The number of hydrogen-bond donors (Lipinski definition) is 4. The number of aromatic nitrogens is 4. The highest BCUT2D eigenvalue weighted by molar-refractivity contribution is 5.91. The van der Waals surface area contributed by atoms with E-state index in [1.807, 2.05) is 31.3 Å². The Balaban J connectivity index is 0.00000180. The molecule has 5 heterocycles. The Hall–Kier alpha value is -2.67. The molecule has 3 atom stereocenters. The number of nitrogens with one attached hydrogen (secondary N) is 4. The van der Waals surface area contributed by atoms with Crippen molar-refractivity contribution in [3.63, 3.8) is 0 Å². The van der Waals surface area contributed by atoms with Crippen LogP contribution in [0.2, 0.25) is 0 Å². The molecular weight excluding hydrogens is 338 g/mol. The molecule has 2 aliphatic heterocycles. The van der Waals surface area contributed by atoms with Crippen LogP contribution in [0, 0.1) is 6.92 Å². The molecule has 3 aromatic heterocycles. The summed E-state index contributed by atoms with van der Waals surface area (Å²) < 4.78 is 0. The summed E-state index contributed by atoms with van der Waals surface area (Å²) in [6, 6.07) is 9.71. The number of piperidine rings is 1. The molecule has 27 heavy (non-hydrogen) atoms. The molecule has 142 valence electrons. The number of pyridine rings is 2. The van der Waals surface area contributed by atoms with Crippen LogP contribution >= 0.6 is 0 Å². The van der Waals surface area contributed by atoms with Gasteiger partial charge in [-0.25, -0.2) is 4.98 Å². The predicted molar refractivity (Wildman–Crippen MR) is 109 cm³/mol. The van der Waals surface area contributed by atoms with Crippen molar-refractivity contribution in [2.24, 2.45) is 0 Å². The maximum Gasteiger partial charge on any atom is 0.153 e. The highest BCUT2D eigenvalue weighted by Crippen LogP contribution is 2.31. The van der Waals surface area contributed by atoms with Crippen LogP contribution in [0.5, 0.6) is 0 Å². The van der Waals surface area contributed by atoms with Gasteiger partial charge in [-0.05, 0) is 44.7 Å². The van der Waals surface area contributed by atoms with Crippen molar-refractivity contribution in [1.29, 1.82) is 0 Å². The maximum atomic E-state index is 4.83. The topological polar surface area (TPSA) is 90.6 Å². The highest BCUT2D eigenvalue weighted by Gasteiger charge is 2.33. The van der Waals surface area contributed by atoms with Crippen molar-refractivity contribution in [3.8, 4) is 0 Å². The summed E-state index contributed by atoms with van der Waals surface area (Å²) in [5, 5.41) is 18.9. The van der Waals surface area contributed by atoms with E-state index in [2.05, 4.69) is 37.2 Å². The smallest absolute Gasteiger partial charge is 0.153 e. The summed E-state index contributed by atoms with van der Waals surface area (Å²) >= 11 is 0. The van der Waals surface area contributed by atoms with Gasteiger partial charge in [-0.2, -0.15) is 5.10 Å². The highest BCUT2D eigenvalue weighted by atomic mass is 15.2. The van der Waals surface area contributed by atoms with Crippen LogP contribution in [0.3, 0.4) is 0 Å². The lowest BCUT2D eigenvalue weighted by Crippen LogP contribution is -2.43. The van der Waals surface area contributed by atoms with Gasteiger partial charge in [0.1, 0.15) is 11.6 Å². The maximum absolute atomic E-state index is 4.83. The molecule has 0 spiro atoms. The number of aromatic amines is 1. The van der Waals surface area contributed by atoms with Crippen molar-refractivity contribution in [2.45, 2.75) is 58.2 Å². The minimum absolute atomic E-state index is 0. The third kappa shape index (κ3) is 3.60. The summed E-state index contributed by atoms with van der Waals surface area (Å²) in [5.74, 6) is 2.41. The van der Waals surface area contributed by atoms with Crippen molar-refractivity contribution < 1.29 is 0 Å². The second-order valence-electron chi connectivity index (χ2n) is 7.44. The average Bonchev–Trinajstić information content (AvgIpc) is 3.19. The molecule has 0 aromatic carbocycles. The number of aryl methyl sites for hydroxylation is 1. The first-order valence-corrected chi connectivity index (χ1v) is 9.30. The molecule has 0 radical (unpaired) electrons. The number of fused-ring (bicyclic) bond motifs is 3. The van der Waals surface area contributed by atoms with E-state index in [9.17, 15) is 0 Å². The van der Waals surface area contributed by atoms with E-state index in [0.29, 0.717) is 18.1 Å². The van der Waals surface area contributed by atoms with E-state index in [0.717, 1.165) is 46.9 Å². The molecule has 0 aliphatic carbocycles. The van der Waals surface area contributed by atoms with E-state index in [4.69, 9.17) is 4.98 Å². The van der Waals surface area contributed by atoms with Crippen molar-refractivity contribution >= 4 is 28.4 Å². The second-order valence-corrected chi connectivity index (χ2v) is 7.44. The number of rotatable bonds is 4. The third-order valence-corrected chi connectivity index (χ3v) is 5.38. The summed E-state index contributed by atoms with van der Waals surface area (Å²) in [4.78, 5) is 9.36. The van der Waals surface area contributed by atoms with Gasteiger partial charge in [0.2, 0.25) is 0 Å². The summed E-state index contributed by atoms with van der Waals surface area (Å²) in [5.41, 5.74) is 1.94. The Labute approximate surface area is 159 Å². The first-order chi connectivity index (χ1) is 12.7. The first-order valence-electron chi connectivity index (χ1n) is 9.30. The SMILES string of the molecule is C.Cc1cc(Nc2cc3ncccc3c(NC3C[C@H]4CC[C@@H](C3)N4)n2)n[nH]1. The number of nitrogens with zero attached hydrogens (tertiary/aromatic N) is 3. The largest absolute Gasteiger partial charge is 0.367 e. The van der Waals surface area contributed by atoms with Crippen LogP contribution in [0.1, 0.15) is 38.8 Å². The minimum Gasteiger partial charge on any atom is -0.367 e. The molecule has 5 rings (SSSR count). The van der Waals surface area contributed by atoms with Crippen LogP contribution < -0.4 is 16.0 Å². The molecule has 0 amide bonds. The van der Waals surface area contributed by atoms with Gasteiger partial charge in [-0.15, -0.1) is 0 Å². The van der Waals surface area contributed by atoms with E-state index in [1.165, 1.54) is 12.8 Å². The van der Waals surface area contributed by atoms with Crippen molar-refractivity contribution in [3.05, 3.63) is 36.2 Å². The fourth-order valence-corrected chi connectivity index (χ4v) is 4.23. The minimum atomic E-state index is 0. The summed E-state index contributed by atoms with van der Waals surface area (Å²) in [6.45, 7) is 1.98. The quantitative estimate of drug-likeness (QED) is 0.563. The average molecular weight is 365 g/mol. The predicted octanol–water partition coefficient (Wildman–Crippen LogP) is 3.74. The molecule has 3 aromatic rings. The monoisotopic (exact) mass is 365 g/mol. The molecule has 2 aliphatic rings. The Morgan fingerprint density at radius 3 is 2.67 bits per heavy atom. The zero-order valence-corrected chi connectivity index (χ0v) is 14.8.